The number of carbonyl (C=O) groups is 2. The first kappa shape index (κ1) is 57.7. The molecule has 11 N–H and O–H groups in total. The Balaban J connectivity index is 1.69. The average molecular weight is 1020 g/mol. The number of carbonyl (C=O) groups excluding carboxylic acids is 2. The van der Waals surface area contributed by atoms with Crippen molar-refractivity contribution >= 4 is 57.2 Å². The third kappa shape index (κ3) is 26.1. The smallest absolute Gasteiger partial charge is 0.450 e. The van der Waals surface area contributed by atoms with Crippen LogP contribution in [0.2, 0.25) is 0 Å². The van der Waals surface area contributed by atoms with E-state index in [4.69, 9.17) is 54.4 Å². The minimum atomic E-state index is -5.77. The van der Waals surface area contributed by atoms with Crippen LogP contribution in [-0.4, -0.2) is 144 Å². The SMILES string of the molecule is CC(C)(CCOC(=O)NCCOCCOCCN)SSCOCCCCOC(=O)NCC#Cc1cn([C@H]2C[C@H](COCN)C(COP(=O)(O)OP(=O)(O)OP(=O)(O)O)O2)c(=O)[nH]c1=O. The number of amides is 2. The van der Waals surface area contributed by atoms with Gasteiger partial charge in [0.15, 0.2) is 0 Å². The summed E-state index contributed by atoms with van der Waals surface area (Å²) in [4.78, 5) is 87.9. The van der Waals surface area contributed by atoms with E-state index in [-0.39, 0.29) is 49.8 Å². The van der Waals surface area contributed by atoms with Gasteiger partial charge in [0.1, 0.15) is 17.7 Å². The highest BCUT2D eigenvalue weighted by Crippen LogP contribution is 2.66. The summed E-state index contributed by atoms with van der Waals surface area (Å²) in [5.74, 6) is 4.85. The van der Waals surface area contributed by atoms with Gasteiger partial charge in [-0.15, -0.1) is 0 Å². The summed E-state index contributed by atoms with van der Waals surface area (Å²) in [6.07, 6.45) is -0.715. The van der Waals surface area contributed by atoms with Crippen LogP contribution in [0.1, 0.15) is 51.3 Å². The van der Waals surface area contributed by atoms with Crippen LogP contribution in [0.4, 0.5) is 9.59 Å². The lowest BCUT2D eigenvalue weighted by Crippen LogP contribution is -2.34. The molecule has 3 unspecified atom stereocenters. The first-order chi connectivity index (χ1) is 30.2. The molecule has 1 aliphatic rings. The van der Waals surface area contributed by atoms with E-state index in [1.54, 1.807) is 10.8 Å². The zero-order chi connectivity index (χ0) is 47.7. The number of aromatic nitrogens is 2. The topological polar surface area (TPSA) is 390 Å². The highest BCUT2D eigenvalue weighted by Gasteiger charge is 2.43. The van der Waals surface area contributed by atoms with Crippen LogP contribution in [-0.2, 0) is 60.0 Å². The first-order valence-corrected chi connectivity index (χ1v) is 26.1. The Morgan fingerprint density at radius 3 is 2.30 bits per heavy atom. The highest BCUT2D eigenvalue weighted by atomic mass is 33.1. The predicted molar refractivity (Wildman–Crippen MR) is 228 cm³/mol. The molecule has 1 fully saturated rings. The van der Waals surface area contributed by atoms with E-state index in [9.17, 15) is 42.7 Å². The van der Waals surface area contributed by atoms with E-state index < -0.39 is 71.8 Å². The molecule has 0 radical (unpaired) electrons. The van der Waals surface area contributed by atoms with Gasteiger partial charge in [0.25, 0.3) is 5.56 Å². The van der Waals surface area contributed by atoms with Crippen molar-refractivity contribution in [2.24, 2.45) is 17.4 Å². The van der Waals surface area contributed by atoms with Crippen LogP contribution in [0.25, 0.3) is 0 Å². The van der Waals surface area contributed by atoms with Crippen LogP contribution < -0.4 is 33.3 Å². The molecule has 2 amide bonds. The fourth-order valence-electron chi connectivity index (χ4n) is 4.95. The van der Waals surface area contributed by atoms with Gasteiger partial charge >= 0.3 is 41.3 Å². The minimum Gasteiger partial charge on any atom is -0.450 e. The predicted octanol–water partition coefficient (Wildman–Crippen LogP) is 0.817. The number of phosphoric ester groups is 1. The maximum Gasteiger partial charge on any atom is 0.490 e. The zero-order valence-electron chi connectivity index (χ0n) is 35.0. The zero-order valence-corrected chi connectivity index (χ0v) is 39.3. The van der Waals surface area contributed by atoms with Gasteiger partial charge in [0, 0.05) is 43.0 Å². The number of aromatic amines is 1. The van der Waals surface area contributed by atoms with Crippen molar-refractivity contribution in [3.63, 3.8) is 0 Å². The van der Waals surface area contributed by atoms with Gasteiger partial charge in [-0.1, -0.05) is 33.4 Å². The number of unbranched alkanes of at least 4 members (excludes halogenated alkanes) is 1. The number of nitrogens with two attached hydrogens (primary N) is 2. The van der Waals surface area contributed by atoms with Gasteiger partial charge in [-0.2, -0.15) is 8.62 Å². The van der Waals surface area contributed by atoms with E-state index in [0.717, 1.165) is 10.8 Å². The number of nitrogens with one attached hydrogen (secondary N) is 3. The first-order valence-electron chi connectivity index (χ1n) is 19.3. The molecular formula is C32H57N6O21P3S2. The summed E-state index contributed by atoms with van der Waals surface area (Å²) in [5.41, 5.74) is 8.77. The third-order valence-corrected chi connectivity index (χ3v) is 14.7. The number of hydrogen-bond acceptors (Lipinski definition) is 21. The molecular weight excluding hydrogens is 961 g/mol. The molecule has 27 nitrogen and oxygen atoms in total. The number of phosphoric acid groups is 3. The lowest BCUT2D eigenvalue weighted by molar-refractivity contribution is -0.0398. The van der Waals surface area contributed by atoms with Crippen molar-refractivity contribution in [2.45, 2.75) is 56.6 Å². The molecule has 2 heterocycles. The molecule has 32 heteroatoms. The van der Waals surface area contributed by atoms with Crippen LogP contribution in [0, 0.1) is 17.8 Å². The number of ether oxygens (including phenoxy) is 7. The summed E-state index contributed by atoms with van der Waals surface area (Å²) in [6.45, 7) is 5.87. The molecule has 5 atom stereocenters. The Labute approximate surface area is 375 Å². The fraction of sp³-hybridized carbons (Fsp3) is 0.750. The number of rotatable bonds is 32. The van der Waals surface area contributed by atoms with Crippen LogP contribution >= 0.6 is 45.1 Å². The number of nitrogens with zero attached hydrogens (tertiary/aromatic N) is 1. The van der Waals surface area contributed by atoms with Crippen molar-refractivity contribution in [3.05, 3.63) is 32.6 Å². The van der Waals surface area contributed by atoms with Crippen molar-refractivity contribution in [2.75, 3.05) is 91.8 Å². The Morgan fingerprint density at radius 2 is 1.59 bits per heavy atom. The Hall–Kier alpha value is -2.39. The molecule has 1 aromatic heterocycles. The Bertz CT molecular complexity index is 1910. The van der Waals surface area contributed by atoms with E-state index in [0.29, 0.717) is 71.3 Å². The average Bonchev–Trinajstić information content (AvgIpc) is 3.60. The lowest BCUT2D eigenvalue weighted by Gasteiger charge is -2.22. The fourth-order valence-corrected chi connectivity index (χ4v) is 10.3. The standard InChI is InChI=1S/C32H57N6O21P3S2/c1-32(2,7-13-55-31(42)36-10-15-51-17-16-50-14-8-33)64-63-23-52-11-3-4-12-54-30(41)35-9-5-6-24-19-38(29(40)37-28(24)39)27-18-25(20-53-22-34)26(57-27)21-56-61(46,47)59-62(48,49)58-60(43,44)45/h19,25-27H,3-4,7-18,20-23,33-34H2,1-2H3,(H,35,41)(H,36,42)(H,46,47)(H,48,49)(H,37,39,40)(H2,43,44,45)/t25-,26?,27-/m1/s1. The van der Waals surface area contributed by atoms with E-state index in [2.05, 4.69) is 40.6 Å². The maximum absolute atomic E-state index is 12.7. The lowest BCUT2D eigenvalue weighted by atomic mass is 10.0. The largest absolute Gasteiger partial charge is 0.490 e. The summed E-state index contributed by atoms with van der Waals surface area (Å²) in [5, 5.41) is 5.04. The van der Waals surface area contributed by atoms with Crippen molar-refractivity contribution in [1.29, 1.82) is 0 Å². The number of H-pyrrole nitrogens is 1. The molecule has 0 bridgehead atoms. The van der Waals surface area contributed by atoms with Gasteiger partial charge < -0.3 is 74.8 Å². The van der Waals surface area contributed by atoms with Crippen LogP contribution in [0.3, 0.4) is 0 Å². The second kappa shape index (κ2) is 30.1. The second-order valence-electron chi connectivity index (χ2n) is 13.6. The monoisotopic (exact) mass is 1020 g/mol. The number of hydrogen-bond donors (Lipinski definition) is 9. The van der Waals surface area contributed by atoms with Gasteiger partial charge in [0.05, 0.1) is 72.2 Å². The Morgan fingerprint density at radius 1 is 0.906 bits per heavy atom. The third-order valence-electron chi connectivity index (χ3n) is 7.87. The van der Waals surface area contributed by atoms with Crippen LogP contribution in [0.15, 0.2) is 15.8 Å². The van der Waals surface area contributed by atoms with Crippen LogP contribution in [0.5, 0.6) is 0 Å². The minimum absolute atomic E-state index is 0.00823. The van der Waals surface area contributed by atoms with Crippen molar-refractivity contribution in [1.82, 2.24) is 20.2 Å². The van der Waals surface area contributed by atoms with Crippen molar-refractivity contribution in [3.8, 4) is 11.8 Å². The molecule has 0 spiro atoms. The van der Waals surface area contributed by atoms with E-state index in [1.807, 2.05) is 13.8 Å². The number of alkyl carbamates (subject to hydrolysis) is 2. The highest BCUT2D eigenvalue weighted by molar-refractivity contribution is 8.77. The molecule has 1 aliphatic heterocycles. The summed E-state index contributed by atoms with van der Waals surface area (Å²) in [7, 11) is -13.7. The van der Waals surface area contributed by atoms with Crippen molar-refractivity contribution < 1.29 is 89.2 Å². The maximum atomic E-state index is 12.7. The molecule has 0 aromatic carbocycles. The summed E-state index contributed by atoms with van der Waals surface area (Å²) in [6, 6.07) is 0. The quantitative estimate of drug-likeness (QED) is 0.0159. The van der Waals surface area contributed by atoms with Gasteiger partial charge in [-0.05, 0) is 33.1 Å². The molecule has 1 saturated heterocycles. The molecule has 1 aromatic rings. The van der Waals surface area contributed by atoms with E-state index in [1.165, 1.54) is 10.8 Å². The molecule has 2 rings (SSSR count). The van der Waals surface area contributed by atoms with E-state index >= 15 is 0 Å². The normalized spacial score (nSPS) is 18.3. The second-order valence-corrected chi connectivity index (χ2v) is 20.9. The molecule has 0 saturated carbocycles. The van der Waals surface area contributed by atoms with Gasteiger partial charge in [0.2, 0.25) is 0 Å². The van der Waals surface area contributed by atoms with Gasteiger partial charge in [-0.25, -0.2) is 28.1 Å². The van der Waals surface area contributed by atoms with Gasteiger partial charge in [-0.3, -0.25) is 18.9 Å². The summed E-state index contributed by atoms with van der Waals surface area (Å²) >= 11 is 0. The molecule has 0 aliphatic carbocycles. The molecule has 368 valence electrons. The summed E-state index contributed by atoms with van der Waals surface area (Å²) < 4.78 is 85.2. The molecule has 64 heavy (non-hydrogen) atoms. The Kier molecular flexibility index (Phi) is 27.1.